The van der Waals surface area contributed by atoms with Gasteiger partial charge < -0.3 is 49.6 Å². The summed E-state index contributed by atoms with van der Waals surface area (Å²) >= 11 is 0. The largest absolute Gasteiger partial charge is 0.388 e. The molecule has 3 rings (SSSR count). The van der Waals surface area contributed by atoms with Crippen molar-refractivity contribution in [3.05, 3.63) is 35.9 Å². The SMILES string of the molecule is CC(O[C@@H]1O[C@H](CO[C@@H]2OC[C@H](O)[C@H](O)[C@H]2O)[C@@H](O)[C@H](O)[C@H]1O)c1ccccc1. The van der Waals surface area contributed by atoms with Gasteiger partial charge in [-0.2, -0.15) is 0 Å². The quantitative estimate of drug-likeness (QED) is 0.307. The third-order valence-electron chi connectivity index (χ3n) is 5.15. The van der Waals surface area contributed by atoms with Crippen LogP contribution in [0.2, 0.25) is 0 Å². The van der Waals surface area contributed by atoms with E-state index in [9.17, 15) is 30.6 Å². The lowest BCUT2D eigenvalue weighted by molar-refractivity contribution is -0.327. The van der Waals surface area contributed by atoms with Gasteiger partial charge in [-0.3, -0.25) is 0 Å². The lowest BCUT2D eigenvalue weighted by Gasteiger charge is -2.42. The van der Waals surface area contributed by atoms with Gasteiger partial charge in [0.2, 0.25) is 0 Å². The van der Waals surface area contributed by atoms with Crippen molar-refractivity contribution in [3.8, 4) is 0 Å². The van der Waals surface area contributed by atoms with E-state index in [0.717, 1.165) is 5.56 Å². The van der Waals surface area contributed by atoms with Crippen molar-refractivity contribution in [2.75, 3.05) is 13.2 Å². The Balaban J connectivity index is 1.60. The summed E-state index contributed by atoms with van der Waals surface area (Å²) in [5.74, 6) is 0. The molecule has 0 saturated carbocycles. The summed E-state index contributed by atoms with van der Waals surface area (Å²) in [7, 11) is 0. The van der Waals surface area contributed by atoms with Crippen molar-refractivity contribution in [1.82, 2.24) is 0 Å². The second kappa shape index (κ2) is 9.75. The van der Waals surface area contributed by atoms with Gasteiger partial charge in [-0.05, 0) is 12.5 Å². The molecule has 1 aromatic rings. The number of ether oxygens (including phenoxy) is 4. The maximum Gasteiger partial charge on any atom is 0.187 e. The van der Waals surface area contributed by atoms with Crippen LogP contribution < -0.4 is 0 Å². The van der Waals surface area contributed by atoms with Crippen molar-refractivity contribution in [3.63, 3.8) is 0 Å². The Morgan fingerprint density at radius 3 is 2.24 bits per heavy atom. The van der Waals surface area contributed by atoms with Crippen molar-refractivity contribution in [1.29, 1.82) is 0 Å². The van der Waals surface area contributed by atoms with E-state index >= 15 is 0 Å². The van der Waals surface area contributed by atoms with Crippen LogP contribution in [0.25, 0.3) is 0 Å². The highest BCUT2D eigenvalue weighted by molar-refractivity contribution is 5.16. The Morgan fingerprint density at radius 2 is 1.55 bits per heavy atom. The molecule has 29 heavy (non-hydrogen) atoms. The average Bonchev–Trinajstić information content (AvgIpc) is 2.73. The lowest BCUT2D eigenvalue weighted by atomic mass is 9.99. The van der Waals surface area contributed by atoms with E-state index in [0.29, 0.717) is 0 Å². The van der Waals surface area contributed by atoms with Gasteiger partial charge in [-0.25, -0.2) is 0 Å². The van der Waals surface area contributed by atoms with Crippen molar-refractivity contribution in [2.24, 2.45) is 0 Å². The van der Waals surface area contributed by atoms with Gasteiger partial charge in [-0.1, -0.05) is 30.3 Å². The highest BCUT2D eigenvalue weighted by atomic mass is 16.7. The molecule has 1 unspecified atom stereocenters. The predicted octanol–water partition coefficient (Wildman–Crippen LogP) is -1.97. The molecular formula is C19H28O10. The summed E-state index contributed by atoms with van der Waals surface area (Å²) in [6.45, 7) is 1.20. The fourth-order valence-electron chi connectivity index (χ4n) is 3.29. The maximum absolute atomic E-state index is 10.2. The molecule has 0 radical (unpaired) electrons. The highest BCUT2D eigenvalue weighted by Gasteiger charge is 2.46. The van der Waals surface area contributed by atoms with Crippen LogP contribution in [-0.2, 0) is 18.9 Å². The fraction of sp³-hybridized carbons (Fsp3) is 0.684. The van der Waals surface area contributed by atoms with Gasteiger partial charge in [0.1, 0.15) is 42.7 Å². The van der Waals surface area contributed by atoms with Gasteiger partial charge in [0.15, 0.2) is 12.6 Å². The summed E-state index contributed by atoms with van der Waals surface area (Å²) in [5, 5.41) is 59.7. The van der Waals surface area contributed by atoms with E-state index in [4.69, 9.17) is 18.9 Å². The second-order valence-electron chi connectivity index (χ2n) is 7.29. The third-order valence-corrected chi connectivity index (χ3v) is 5.15. The summed E-state index contributed by atoms with van der Waals surface area (Å²) < 4.78 is 21.8. The molecule has 0 aromatic heterocycles. The van der Waals surface area contributed by atoms with E-state index in [1.807, 2.05) is 30.3 Å². The Morgan fingerprint density at radius 1 is 0.897 bits per heavy atom. The van der Waals surface area contributed by atoms with Gasteiger partial charge in [-0.15, -0.1) is 0 Å². The molecule has 10 atom stereocenters. The van der Waals surface area contributed by atoms with Crippen molar-refractivity contribution < 1.29 is 49.6 Å². The first-order chi connectivity index (χ1) is 13.8. The molecule has 0 bridgehead atoms. The lowest BCUT2D eigenvalue weighted by Crippen LogP contribution is -2.60. The average molecular weight is 416 g/mol. The molecule has 10 heteroatoms. The maximum atomic E-state index is 10.2. The number of benzene rings is 1. The monoisotopic (exact) mass is 416 g/mol. The first-order valence-corrected chi connectivity index (χ1v) is 9.47. The van der Waals surface area contributed by atoms with E-state index in [1.165, 1.54) is 0 Å². The first kappa shape index (κ1) is 22.5. The molecule has 2 heterocycles. The molecule has 2 aliphatic rings. The second-order valence-corrected chi connectivity index (χ2v) is 7.29. The van der Waals surface area contributed by atoms with Crippen LogP contribution in [0.5, 0.6) is 0 Å². The topological polar surface area (TPSA) is 158 Å². The Labute approximate surface area is 167 Å². The minimum absolute atomic E-state index is 0.237. The predicted molar refractivity (Wildman–Crippen MR) is 96.3 cm³/mol. The Kier molecular flexibility index (Phi) is 7.57. The van der Waals surface area contributed by atoms with Crippen molar-refractivity contribution in [2.45, 2.75) is 68.3 Å². The molecule has 2 aliphatic heterocycles. The summed E-state index contributed by atoms with van der Waals surface area (Å²) in [4.78, 5) is 0. The summed E-state index contributed by atoms with van der Waals surface area (Å²) in [5.41, 5.74) is 0.836. The Bertz CT molecular complexity index is 631. The molecule has 0 spiro atoms. The zero-order chi connectivity index (χ0) is 21.1. The normalized spacial score (nSPS) is 41.8. The molecule has 6 N–H and O–H groups in total. The molecule has 1 aromatic carbocycles. The molecule has 2 saturated heterocycles. The van der Waals surface area contributed by atoms with Crippen LogP contribution in [0, 0.1) is 0 Å². The zero-order valence-corrected chi connectivity index (χ0v) is 15.9. The minimum atomic E-state index is -1.55. The molecule has 10 nitrogen and oxygen atoms in total. The van der Waals surface area contributed by atoms with Gasteiger partial charge >= 0.3 is 0 Å². The number of rotatable bonds is 6. The highest BCUT2D eigenvalue weighted by Crippen LogP contribution is 2.28. The molecule has 2 fully saturated rings. The minimum Gasteiger partial charge on any atom is -0.388 e. The standard InChI is InChI=1S/C19H28O10/c1-9(10-5-3-2-4-6-10)28-19-17(25)15(23)14(22)12(29-19)8-27-18-16(24)13(21)11(20)7-26-18/h2-6,9,11-25H,7-8H2,1H3/t9?,11-,12+,13-,14+,15-,16+,17+,18-,19+/m0/s1. The van der Waals surface area contributed by atoms with Crippen LogP contribution in [-0.4, -0.2) is 99.2 Å². The summed E-state index contributed by atoms with van der Waals surface area (Å²) in [6, 6.07) is 9.21. The van der Waals surface area contributed by atoms with Crippen LogP contribution in [0.4, 0.5) is 0 Å². The first-order valence-electron chi connectivity index (χ1n) is 9.47. The Hall–Kier alpha value is -1.18. The van der Waals surface area contributed by atoms with E-state index < -0.39 is 61.4 Å². The third kappa shape index (κ3) is 5.12. The smallest absolute Gasteiger partial charge is 0.187 e. The number of hydrogen-bond donors (Lipinski definition) is 6. The number of aliphatic hydroxyl groups excluding tert-OH is 6. The van der Waals surface area contributed by atoms with E-state index in [1.54, 1.807) is 6.92 Å². The van der Waals surface area contributed by atoms with Crippen LogP contribution in [0.15, 0.2) is 30.3 Å². The molecule has 164 valence electrons. The van der Waals surface area contributed by atoms with Gasteiger partial charge in [0, 0.05) is 0 Å². The van der Waals surface area contributed by atoms with Crippen LogP contribution in [0.1, 0.15) is 18.6 Å². The van der Waals surface area contributed by atoms with Gasteiger partial charge in [0.25, 0.3) is 0 Å². The van der Waals surface area contributed by atoms with E-state index in [2.05, 4.69) is 0 Å². The number of hydrogen-bond acceptors (Lipinski definition) is 10. The van der Waals surface area contributed by atoms with Crippen LogP contribution >= 0.6 is 0 Å². The molecule has 0 amide bonds. The molecule has 0 aliphatic carbocycles. The van der Waals surface area contributed by atoms with E-state index in [-0.39, 0.29) is 13.2 Å². The van der Waals surface area contributed by atoms with Gasteiger partial charge in [0.05, 0.1) is 19.3 Å². The summed E-state index contributed by atoms with van der Waals surface area (Å²) in [6.07, 6.45) is -12.7. The zero-order valence-electron chi connectivity index (χ0n) is 15.9. The van der Waals surface area contributed by atoms with Crippen molar-refractivity contribution >= 4 is 0 Å². The fourth-order valence-corrected chi connectivity index (χ4v) is 3.29. The number of aliphatic hydroxyl groups is 6. The molecular weight excluding hydrogens is 388 g/mol. The van der Waals surface area contributed by atoms with Crippen LogP contribution in [0.3, 0.4) is 0 Å².